The van der Waals surface area contributed by atoms with Crippen LogP contribution < -0.4 is 15.1 Å². The zero-order valence-electron chi connectivity index (χ0n) is 17.4. The van der Waals surface area contributed by atoms with Gasteiger partial charge in [-0.1, -0.05) is 30.3 Å². The summed E-state index contributed by atoms with van der Waals surface area (Å²) >= 11 is 1.30. The lowest BCUT2D eigenvalue weighted by Gasteiger charge is -2.33. The maximum atomic E-state index is 13.9. The summed E-state index contributed by atoms with van der Waals surface area (Å²) in [5.41, 5.74) is 3.04. The second-order valence-corrected chi connectivity index (χ2v) is 8.93. The van der Waals surface area contributed by atoms with E-state index in [2.05, 4.69) is 5.32 Å². The average Bonchev–Trinajstić information content (AvgIpc) is 3.48. The monoisotopic (exact) mass is 447 g/mol. The molecule has 1 saturated heterocycles. The third kappa shape index (κ3) is 3.18. The molecule has 0 saturated carbocycles. The molecule has 0 aliphatic carbocycles. The minimum Gasteiger partial charge on any atom is -0.467 e. The summed E-state index contributed by atoms with van der Waals surface area (Å²) in [7, 11) is 0. The van der Waals surface area contributed by atoms with Crippen LogP contribution in [0.3, 0.4) is 0 Å². The zero-order chi connectivity index (χ0) is 22.3. The number of amides is 3. The van der Waals surface area contributed by atoms with Crippen molar-refractivity contribution in [2.75, 3.05) is 22.1 Å². The Bertz CT molecular complexity index is 1210. The number of para-hydroxylation sites is 1. The Labute approximate surface area is 189 Å². The minimum absolute atomic E-state index is 0.132. The number of thioether (sulfide) groups is 1. The van der Waals surface area contributed by atoms with Crippen LogP contribution in [0.1, 0.15) is 16.9 Å². The fraction of sp³-hybridized carbons (Fsp3) is 0.208. The Morgan fingerprint density at radius 3 is 2.75 bits per heavy atom. The third-order valence-corrected chi connectivity index (χ3v) is 7.05. The van der Waals surface area contributed by atoms with E-state index in [1.807, 2.05) is 55.5 Å². The van der Waals surface area contributed by atoms with Gasteiger partial charge in [0.05, 0.1) is 24.2 Å². The van der Waals surface area contributed by atoms with Crippen molar-refractivity contribution in [2.24, 2.45) is 0 Å². The Kier molecular flexibility index (Phi) is 5.01. The highest BCUT2D eigenvalue weighted by molar-refractivity contribution is 8.02. The van der Waals surface area contributed by atoms with Crippen molar-refractivity contribution in [3.05, 3.63) is 83.8 Å². The van der Waals surface area contributed by atoms with Gasteiger partial charge in [0, 0.05) is 11.3 Å². The molecule has 3 aromatic rings. The summed E-state index contributed by atoms with van der Waals surface area (Å²) in [5, 5.41) is 2.79. The van der Waals surface area contributed by atoms with Gasteiger partial charge in [0.25, 0.3) is 5.91 Å². The molecule has 7 nitrogen and oxygen atoms in total. The van der Waals surface area contributed by atoms with Gasteiger partial charge in [0.2, 0.25) is 16.7 Å². The van der Waals surface area contributed by atoms with E-state index < -0.39 is 4.87 Å². The maximum Gasteiger partial charge on any atom is 0.269 e. The molecular formula is C24H21N3O4S. The lowest BCUT2D eigenvalue weighted by Crippen LogP contribution is -2.51. The van der Waals surface area contributed by atoms with Gasteiger partial charge in [-0.25, -0.2) is 0 Å². The average molecular weight is 448 g/mol. The van der Waals surface area contributed by atoms with Gasteiger partial charge in [-0.2, -0.15) is 0 Å². The molecule has 1 spiro atoms. The van der Waals surface area contributed by atoms with E-state index in [0.717, 1.165) is 11.1 Å². The number of furan rings is 1. The van der Waals surface area contributed by atoms with Gasteiger partial charge in [0.1, 0.15) is 12.3 Å². The van der Waals surface area contributed by atoms with Gasteiger partial charge < -0.3 is 9.73 Å². The van der Waals surface area contributed by atoms with Crippen LogP contribution in [0.15, 0.2) is 71.3 Å². The standard InChI is InChI=1S/C24H21N3O4S/c1-16-6-4-7-17(12-16)27-22(29)15-32-24(27)19-9-2-3-10-20(19)26(23(24)30)14-21(28)25-13-18-8-5-11-31-18/h2-12H,13-15H2,1H3,(H,25,28)/t24-/m1/s1. The number of nitrogens with zero attached hydrogens (tertiary/aromatic N) is 2. The first-order valence-electron chi connectivity index (χ1n) is 10.2. The number of anilines is 2. The highest BCUT2D eigenvalue weighted by atomic mass is 32.2. The summed E-state index contributed by atoms with van der Waals surface area (Å²) in [6, 6.07) is 18.5. The van der Waals surface area contributed by atoms with Crippen molar-refractivity contribution < 1.29 is 18.8 Å². The number of carbonyl (C=O) groups is 3. The van der Waals surface area contributed by atoms with Gasteiger partial charge in [-0.3, -0.25) is 24.2 Å². The summed E-state index contributed by atoms with van der Waals surface area (Å²) in [6.07, 6.45) is 1.54. The van der Waals surface area contributed by atoms with E-state index in [-0.39, 0.29) is 36.6 Å². The molecule has 0 radical (unpaired) electrons. The number of carbonyl (C=O) groups excluding carboxylic acids is 3. The third-order valence-electron chi connectivity index (χ3n) is 5.67. The van der Waals surface area contributed by atoms with Crippen LogP contribution >= 0.6 is 11.8 Å². The second kappa shape index (κ2) is 7.87. The molecule has 32 heavy (non-hydrogen) atoms. The molecule has 2 aliphatic heterocycles. The number of hydrogen-bond donors (Lipinski definition) is 1. The van der Waals surface area contributed by atoms with Crippen molar-refractivity contribution in [1.29, 1.82) is 0 Å². The number of fused-ring (bicyclic) bond motifs is 2. The Morgan fingerprint density at radius 1 is 1.12 bits per heavy atom. The van der Waals surface area contributed by atoms with Crippen LogP contribution in [0.2, 0.25) is 0 Å². The highest BCUT2D eigenvalue weighted by Gasteiger charge is 2.61. The first kappa shape index (κ1) is 20.4. The van der Waals surface area contributed by atoms with E-state index >= 15 is 0 Å². The SMILES string of the molecule is Cc1cccc(N2C(=O)CS[C@]23C(=O)N(CC(=O)NCc2ccco2)c2ccccc23)c1. The molecule has 3 heterocycles. The molecule has 5 rings (SSSR count). The van der Waals surface area contributed by atoms with Crippen molar-refractivity contribution in [3.8, 4) is 0 Å². The fourth-order valence-corrected chi connectivity index (χ4v) is 5.64. The first-order valence-corrected chi connectivity index (χ1v) is 11.2. The number of nitrogens with one attached hydrogen (secondary N) is 1. The molecule has 162 valence electrons. The Morgan fingerprint density at radius 2 is 1.97 bits per heavy atom. The molecule has 1 atom stereocenters. The van der Waals surface area contributed by atoms with Crippen molar-refractivity contribution in [2.45, 2.75) is 18.3 Å². The lowest BCUT2D eigenvalue weighted by molar-refractivity contribution is -0.125. The van der Waals surface area contributed by atoms with Gasteiger partial charge in [-0.05, 0) is 42.8 Å². The smallest absolute Gasteiger partial charge is 0.269 e. The summed E-state index contributed by atoms with van der Waals surface area (Å²) in [6.45, 7) is 2.04. The predicted octanol–water partition coefficient (Wildman–Crippen LogP) is 3.18. The Hall–Kier alpha value is -3.52. The molecule has 8 heteroatoms. The van der Waals surface area contributed by atoms with Crippen LogP contribution in [0, 0.1) is 6.92 Å². The second-order valence-electron chi connectivity index (χ2n) is 7.77. The van der Waals surface area contributed by atoms with E-state index in [9.17, 15) is 14.4 Å². The van der Waals surface area contributed by atoms with Crippen molar-refractivity contribution >= 4 is 40.9 Å². The van der Waals surface area contributed by atoms with Crippen LogP contribution in [0.25, 0.3) is 0 Å². The molecule has 1 N–H and O–H groups in total. The quantitative estimate of drug-likeness (QED) is 0.650. The van der Waals surface area contributed by atoms with E-state index in [4.69, 9.17) is 4.42 Å². The number of benzene rings is 2. The van der Waals surface area contributed by atoms with Crippen molar-refractivity contribution in [3.63, 3.8) is 0 Å². The topological polar surface area (TPSA) is 82.9 Å². The molecule has 2 aromatic carbocycles. The highest BCUT2D eigenvalue weighted by Crippen LogP contribution is 2.55. The summed E-state index contributed by atoms with van der Waals surface area (Å²) in [5.74, 6) is 0.0904. The van der Waals surface area contributed by atoms with Gasteiger partial charge in [0.15, 0.2) is 0 Å². The summed E-state index contributed by atoms with van der Waals surface area (Å²) < 4.78 is 5.25. The van der Waals surface area contributed by atoms with E-state index in [0.29, 0.717) is 17.1 Å². The van der Waals surface area contributed by atoms with Crippen molar-refractivity contribution in [1.82, 2.24) is 5.32 Å². The lowest BCUT2D eigenvalue weighted by atomic mass is 10.0. The van der Waals surface area contributed by atoms with Crippen LogP contribution in [-0.4, -0.2) is 30.0 Å². The normalized spacial score (nSPS) is 19.7. The predicted molar refractivity (Wildman–Crippen MR) is 122 cm³/mol. The summed E-state index contributed by atoms with van der Waals surface area (Å²) in [4.78, 5) is 41.4. The molecule has 0 bridgehead atoms. The Balaban J connectivity index is 1.49. The van der Waals surface area contributed by atoms with Gasteiger partial charge in [-0.15, -0.1) is 11.8 Å². The molecule has 2 aliphatic rings. The molecule has 0 unspecified atom stereocenters. The number of aryl methyl sites for hydroxylation is 1. The van der Waals surface area contributed by atoms with Crippen LogP contribution in [0.5, 0.6) is 0 Å². The minimum atomic E-state index is -1.22. The fourth-order valence-electron chi connectivity index (χ4n) is 4.28. The number of rotatable bonds is 5. The number of hydrogen-bond acceptors (Lipinski definition) is 5. The molecule has 1 aromatic heterocycles. The van der Waals surface area contributed by atoms with Gasteiger partial charge >= 0.3 is 0 Å². The molecule has 1 fully saturated rings. The molecular weight excluding hydrogens is 426 g/mol. The van der Waals surface area contributed by atoms with E-state index in [1.54, 1.807) is 23.3 Å². The maximum absolute atomic E-state index is 13.9. The molecule has 3 amide bonds. The van der Waals surface area contributed by atoms with Crippen LogP contribution in [0.4, 0.5) is 11.4 Å². The van der Waals surface area contributed by atoms with E-state index in [1.165, 1.54) is 16.7 Å². The largest absolute Gasteiger partial charge is 0.467 e. The van der Waals surface area contributed by atoms with Crippen LogP contribution in [-0.2, 0) is 25.8 Å². The first-order chi connectivity index (χ1) is 15.5. The zero-order valence-corrected chi connectivity index (χ0v) is 18.2.